The standard InChI is InChI=1S/C13H14FNO5S2/c1-21(16,17)15-9-13(12-3-2-8-20-12)22(18,19)11-6-4-10(14)5-7-11/h2-8,13,15H,9H2,1H3. The summed E-state index contributed by atoms with van der Waals surface area (Å²) < 4.78 is 67.9. The van der Waals surface area contributed by atoms with Crippen molar-refractivity contribution in [2.24, 2.45) is 0 Å². The fraction of sp³-hybridized carbons (Fsp3) is 0.231. The van der Waals surface area contributed by atoms with Gasteiger partial charge in [0, 0.05) is 6.54 Å². The fourth-order valence-electron chi connectivity index (χ4n) is 1.85. The number of nitrogens with one attached hydrogen (secondary N) is 1. The third-order valence-electron chi connectivity index (χ3n) is 2.91. The van der Waals surface area contributed by atoms with Gasteiger partial charge in [0.2, 0.25) is 10.0 Å². The van der Waals surface area contributed by atoms with Crippen LogP contribution in [0.2, 0.25) is 0 Å². The van der Waals surface area contributed by atoms with Crippen LogP contribution in [0.15, 0.2) is 52.0 Å². The highest BCUT2D eigenvalue weighted by molar-refractivity contribution is 7.92. The molecule has 0 radical (unpaired) electrons. The maximum absolute atomic E-state index is 12.9. The van der Waals surface area contributed by atoms with Crippen LogP contribution in [-0.2, 0) is 19.9 Å². The van der Waals surface area contributed by atoms with Crippen LogP contribution in [0.5, 0.6) is 0 Å². The lowest BCUT2D eigenvalue weighted by atomic mass is 10.3. The molecule has 1 unspecified atom stereocenters. The van der Waals surface area contributed by atoms with E-state index in [1.807, 2.05) is 0 Å². The predicted octanol–water partition coefficient (Wildman–Crippen LogP) is 1.48. The summed E-state index contributed by atoms with van der Waals surface area (Å²) in [5.74, 6) is -0.469. The number of sulfone groups is 1. The lowest BCUT2D eigenvalue weighted by Crippen LogP contribution is -2.31. The van der Waals surface area contributed by atoms with E-state index in [1.165, 1.54) is 18.4 Å². The number of halogens is 1. The van der Waals surface area contributed by atoms with Gasteiger partial charge in [0.25, 0.3) is 0 Å². The van der Waals surface area contributed by atoms with Gasteiger partial charge in [-0.05, 0) is 36.4 Å². The second kappa shape index (κ2) is 6.19. The summed E-state index contributed by atoms with van der Waals surface area (Å²) in [7, 11) is -7.53. The fourth-order valence-corrected chi connectivity index (χ4v) is 4.01. The summed E-state index contributed by atoms with van der Waals surface area (Å²) >= 11 is 0. The maximum Gasteiger partial charge on any atom is 0.208 e. The predicted molar refractivity (Wildman–Crippen MR) is 77.9 cm³/mol. The lowest BCUT2D eigenvalue weighted by Gasteiger charge is -2.16. The second-order valence-electron chi connectivity index (χ2n) is 4.62. The van der Waals surface area contributed by atoms with Crippen molar-refractivity contribution in [3.05, 3.63) is 54.2 Å². The number of hydrogen-bond acceptors (Lipinski definition) is 5. The van der Waals surface area contributed by atoms with Gasteiger partial charge in [0.05, 0.1) is 17.4 Å². The van der Waals surface area contributed by atoms with Crippen LogP contribution in [0.1, 0.15) is 11.0 Å². The van der Waals surface area contributed by atoms with Gasteiger partial charge in [-0.3, -0.25) is 0 Å². The summed E-state index contributed by atoms with van der Waals surface area (Å²) in [6, 6.07) is 7.24. The van der Waals surface area contributed by atoms with Gasteiger partial charge in [-0.2, -0.15) is 0 Å². The zero-order chi connectivity index (χ0) is 16.4. The monoisotopic (exact) mass is 347 g/mol. The number of rotatable bonds is 6. The molecule has 0 saturated heterocycles. The zero-order valence-corrected chi connectivity index (χ0v) is 13.2. The summed E-state index contributed by atoms with van der Waals surface area (Å²) in [5.41, 5.74) is 0. The molecule has 9 heteroatoms. The average molecular weight is 347 g/mol. The van der Waals surface area contributed by atoms with Crippen molar-refractivity contribution in [1.29, 1.82) is 0 Å². The van der Waals surface area contributed by atoms with Gasteiger partial charge in [-0.15, -0.1) is 0 Å². The number of sulfonamides is 1. The Balaban J connectivity index is 2.41. The van der Waals surface area contributed by atoms with Gasteiger partial charge in [-0.25, -0.2) is 25.9 Å². The molecule has 0 aliphatic carbocycles. The van der Waals surface area contributed by atoms with Crippen LogP contribution >= 0.6 is 0 Å². The molecule has 0 aliphatic rings. The quantitative estimate of drug-likeness (QED) is 0.799. The first kappa shape index (κ1) is 16.7. The third kappa shape index (κ3) is 3.93. The van der Waals surface area contributed by atoms with Crippen molar-refractivity contribution in [2.75, 3.05) is 12.8 Å². The van der Waals surface area contributed by atoms with E-state index in [2.05, 4.69) is 4.72 Å². The van der Waals surface area contributed by atoms with Crippen LogP contribution < -0.4 is 4.72 Å². The van der Waals surface area contributed by atoms with Gasteiger partial charge < -0.3 is 4.42 Å². The Morgan fingerprint density at radius 3 is 2.27 bits per heavy atom. The van der Waals surface area contributed by atoms with Crippen molar-refractivity contribution < 1.29 is 25.6 Å². The minimum atomic E-state index is -3.95. The highest BCUT2D eigenvalue weighted by atomic mass is 32.2. The highest BCUT2D eigenvalue weighted by Crippen LogP contribution is 2.29. The van der Waals surface area contributed by atoms with Crippen LogP contribution in [0.25, 0.3) is 0 Å². The molecular formula is C13H14FNO5S2. The highest BCUT2D eigenvalue weighted by Gasteiger charge is 2.32. The first-order valence-electron chi connectivity index (χ1n) is 6.17. The van der Waals surface area contributed by atoms with Crippen LogP contribution in [0.4, 0.5) is 4.39 Å². The van der Waals surface area contributed by atoms with Crippen LogP contribution in [0, 0.1) is 5.82 Å². The molecule has 22 heavy (non-hydrogen) atoms. The van der Waals surface area contributed by atoms with Gasteiger partial charge in [0.15, 0.2) is 9.84 Å². The molecule has 1 aromatic carbocycles. The van der Waals surface area contributed by atoms with Gasteiger partial charge >= 0.3 is 0 Å². The normalized spacial score (nSPS) is 13.9. The maximum atomic E-state index is 12.9. The molecule has 0 saturated carbocycles. The molecule has 2 rings (SSSR count). The molecule has 120 valence electrons. The topological polar surface area (TPSA) is 93.4 Å². The molecule has 6 nitrogen and oxygen atoms in total. The molecule has 1 N–H and O–H groups in total. The second-order valence-corrected chi connectivity index (χ2v) is 8.59. The number of furan rings is 1. The van der Waals surface area contributed by atoms with E-state index in [1.54, 1.807) is 0 Å². The molecule has 1 heterocycles. The smallest absolute Gasteiger partial charge is 0.208 e. The molecule has 2 aromatic rings. The largest absolute Gasteiger partial charge is 0.468 e. The summed E-state index contributed by atoms with van der Waals surface area (Å²) in [5, 5.41) is -1.25. The van der Waals surface area contributed by atoms with Crippen molar-refractivity contribution in [2.45, 2.75) is 10.1 Å². The average Bonchev–Trinajstić information content (AvgIpc) is 2.91. The van der Waals surface area contributed by atoms with E-state index >= 15 is 0 Å². The molecule has 1 atom stereocenters. The Labute approximate surface area is 127 Å². The summed E-state index contributed by atoms with van der Waals surface area (Å²) in [4.78, 5) is -0.120. The van der Waals surface area contributed by atoms with E-state index in [-0.39, 0.29) is 17.2 Å². The first-order valence-corrected chi connectivity index (χ1v) is 9.61. The Kier molecular flexibility index (Phi) is 4.69. The Hall–Kier alpha value is -1.71. The Morgan fingerprint density at radius 2 is 1.77 bits per heavy atom. The molecule has 0 fully saturated rings. The molecule has 1 aromatic heterocycles. The van der Waals surface area contributed by atoms with E-state index in [0.717, 1.165) is 30.5 Å². The Morgan fingerprint density at radius 1 is 1.14 bits per heavy atom. The van der Waals surface area contributed by atoms with E-state index in [0.29, 0.717) is 0 Å². The molecular weight excluding hydrogens is 333 g/mol. The van der Waals surface area contributed by atoms with Gasteiger partial charge in [-0.1, -0.05) is 0 Å². The lowest BCUT2D eigenvalue weighted by molar-refractivity contribution is 0.487. The molecule has 0 aliphatic heterocycles. The van der Waals surface area contributed by atoms with Crippen LogP contribution in [0.3, 0.4) is 0 Å². The number of hydrogen-bond donors (Lipinski definition) is 1. The Bertz CT molecular complexity index is 827. The number of benzene rings is 1. The van der Waals surface area contributed by atoms with E-state index in [4.69, 9.17) is 4.42 Å². The third-order valence-corrected chi connectivity index (χ3v) is 5.68. The molecule has 0 bridgehead atoms. The minimum absolute atomic E-state index is 0.0977. The summed E-state index contributed by atoms with van der Waals surface area (Å²) in [6.07, 6.45) is 2.22. The minimum Gasteiger partial charge on any atom is -0.468 e. The van der Waals surface area contributed by atoms with Crippen LogP contribution in [-0.4, -0.2) is 29.6 Å². The molecule has 0 spiro atoms. The van der Waals surface area contributed by atoms with Gasteiger partial charge in [0.1, 0.15) is 16.8 Å². The summed E-state index contributed by atoms with van der Waals surface area (Å²) in [6.45, 7) is -0.383. The first-order chi connectivity index (χ1) is 10.2. The molecule has 0 amide bonds. The van der Waals surface area contributed by atoms with E-state index < -0.39 is 30.9 Å². The zero-order valence-electron chi connectivity index (χ0n) is 11.6. The van der Waals surface area contributed by atoms with Crippen molar-refractivity contribution >= 4 is 19.9 Å². The van der Waals surface area contributed by atoms with Crippen molar-refractivity contribution in [3.63, 3.8) is 0 Å². The van der Waals surface area contributed by atoms with Crippen molar-refractivity contribution in [3.8, 4) is 0 Å². The van der Waals surface area contributed by atoms with E-state index in [9.17, 15) is 21.2 Å². The van der Waals surface area contributed by atoms with Crippen molar-refractivity contribution in [1.82, 2.24) is 4.72 Å². The SMILES string of the molecule is CS(=O)(=O)NCC(c1ccco1)S(=O)(=O)c1ccc(F)cc1.